The highest BCUT2D eigenvalue weighted by Crippen LogP contribution is 2.26. The Bertz CT molecular complexity index is 631. The van der Waals surface area contributed by atoms with E-state index in [1.807, 2.05) is 0 Å². The molecule has 0 saturated heterocycles. The van der Waals surface area contributed by atoms with Crippen molar-refractivity contribution in [3.8, 4) is 11.5 Å². The number of nitrogen functional groups attached to an aromatic ring is 2. The predicted molar refractivity (Wildman–Crippen MR) is 87.5 cm³/mol. The Morgan fingerprint density at radius 1 is 0.864 bits per heavy atom. The molecule has 7 heteroatoms. The number of nitrogens with one attached hydrogen (secondary N) is 2. The van der Waals surface area contributed by atoms with Gasteiger partial charge in [0.2, 0.25) is 0 Å². The van der Waals surface area contributed by atoms with E-state index in [1.165, 1.54) is 0 Å². The number of hydrogen-bond acceptors (Lipinski definition) is 5. The third-order valence-corrected chi connectivity index (χ3v) is 3.01. The largest absolute Gasteiger partial charge is 0.497 e. The highest BCUT2D eigenvalue weighted by molar-refractivity contribution is 6.03. The first-order valence-corrected chi connectivity index (χ1v) is 6.48. The number of methoxy groups -OCH3 is 2. The minimum atomic E-state index is -0.450. The lowest BCUT2D eigenvalue weighted by molar-refractivity contribution is 0.262. The summed E-state index contributed by atoms with van der Waals surface area (Å²) in [4.78, 5) is 12.0. The summed E-state index contributed by atoms with van der Waals surface area (Å²) >= 11 is 0. The molecule has 0 aliphatic rings. The van der Waals surface area contributed by atoms with Gasteiger partial charge in [0, 0.05) is 12.1 Å². The molecular weight excluding hydrogens is 284 g/mol. The molecule has 0 unspecified atom stereocenters. The number of carbonyl (C=O) groups is 1. The second-order valence-corrected chi connectivity index (χ2v) is 4.49. The van der Waals surface area contributed by atoms with Gasteiger partial charge in [-0.05, 0) is 24.3 Å². The van der Waals surface area contributed by atoms with E-state index in [1.54, 1.807) is 50.6 Å². The van der Waals surface area contributed by atoms with Gasteiger partial charge in [0.25, 0.3) is 0 Å². The quantitative estimate of drug-likeness (QED) is 0.648. The molecule has 2 aromatic rings. The number of nitrogens with two attached hydrogens (primary N) is 2. The third-order valence-electron chi connectivity index (χ3n) is 3.01. The van der Waals surface area contributed by atoms with Crippen LogP contribution in [-0.4, -0.2) is 20.3 Å². The number of carbonyl (C=O) groups excluding carboxylic acids is 1. The molecular formula is C15H18N4O3. The lowest BCUT2D eigenvalue weighted by Gasteiger charge is -2.12. The van der Waals surface area contributed by atoms with Gasteiger partial charge in [-0.15, -0.1) is 0 Å². The van der Waals surface area contributed by atoms with Crippen molar-refractivity contribution in [1.29, 1.82) is 0 Å². The molecule has 0 bridgehead atoms. The molecule has 2 aromatic carbocycles. The van der Waals surface area contributed by atoms with Crippen LogP contribution in [0, 0.1) is 0 Å². The molecule has 0 atom stereocenters. The molecule has 116 valence electrons. The number of urea groups is 1. The summed E-state index contributed by atoms with van der Waals surface area (Å²) in [5.74, 6) is 1.23. The molecule has 2 rings (SSSR count). The number of anilines is 4. The highest BCUT2D eigenvalue weighted by Gasteiger charge is 2.09. The van der Waals surface area contributed by atoms with Crippen molar-refractivity contribution in [2.75, 3.05) is 36.3 Å². The Balaban J connectivity index is 2.07. The van der Waals surface area contributed by atoms with Gasteiger partial charge in [0.15, 0.2) is 0 Å². The van der Waals surface area contributed by atoms with E-state index in [9.17, 15) is 4.79 Å². The zero-order valence-electron chi connectivity index (χ0n) is 12.3. The van der Waals surface area contributed by atoms with Crippen LogP contribution >= 0.6 is 0 Å². The third kappa shape index (κ3) is 3.51. The molecule has 0 aliphatic carbocycles. The number of rotatable bonds is 4. The van der Waals surface area contributed by atoms with Gasteiger partial charge < -0.3 is 31.6 Å². The van der Waals surface area contributed by atoms with Crippen molar-refractivity contribution in [3.05, 3.63) is 36.4 Å². The van der Waals surface area contributed by atoms with Gasteiger partial charge in [-0.3, -0.25) is 0 Å². The van der Waals surface area contributed by atoms with E-state index in [2.05, 4.69) is 10.6 Å². The molecule has 6 N–H and O–H groups in total. The maximum absolute atomic E-state index is 12.0. The Morgan fingerprint density at radius 3 is 1.59 bits per heavy atom. The summed E-state index contributed by atoms with van der Waals surface area (Å²) in [5.41, 5.74) is 13.4. The van der Waals surface area contributed by atoms with Crippen LogP contribution in [-0.2, 0) is 0 Å². The standard InChI is InChI=1S/C15H18N4O3/c1-21-9-3-5-13(11(16)7-9)18-15(20)19-14-6-4-10(22-2)8-12(14)17/h3-8H,16-17H2,1-2H3,(H2,18,19,20). The molecule has 7 nitrogen and oxygen atoms in total. The molecule has 2 amide bonds. The van der Waals surface area contributed by atoms with Gasteiger partial charge in [-0.2, -0.15) is 0 Å². The zero-order valence-corrected chi connectivity index (χ0v) is 12.3. The SMILES string of the molecule is COc1ccc(NC(=O)Nc2ccc(OC)cc2N)c(N)c1. The van der Waals surface area contributed by atoms with E-state index in [-0.39, 0.29) is 0 Å². The molecule has 0 heterocycles. The van der Waals surface area contributed by atoms with Crippen molar-refractivity contribution in [1.82, 2.24) is 0 Å². The van der Waals surface area contributed by atoms with Crippen molar-refractivity contribution in [2.45, 2.75) is 0 Å². The van der Waals surface area contributed by atoms with Crippen LogP contribution in [0.15, 0.2) is 36.4 Å². The van der Waals surface area contributed by atoms with E-state index >= 15 is 0 Å². The first-order chi connectivity index (χ1) is 10.5. The molecule has 0 aromatic heterocycles. The Morgan fingerprint density at radius 2 is 1.27 bits per heavy atom. The molecule has 22 heavy (non-hydrogen) atoms. The van der Waals surface area contributed by atoms with E-state index in [0.717, 1.165) is 0 Å². The van der Waals surface area contributed by atoms with E-state index in [4.69, 9.17) is 20.9 Å². The molecule has 0 fully saturated rings. The van der Waals surface area contributed by atoms with Crippen LogP contribution in [0.5, 0.6) is 11.5 Å². The predicted octanol–water partition coefficient (Wildman–Crippen LogP) is 2.51. The Hall–Kier alpha value is -3.09. The minimum Gasteiger partial charge on any atom is -0.497 e. The number of amides is 2. The van der Waals surface area contributed by atoms with Gasteiger partial charge in [-0.1, -0.05) is 0 Å². The Kier molecular flexibility index (Phi) is 4.57. The maximum atomic E-state index is 12.0. The monoisotopic (exact) mass is 302 g/mol. The van der Waals surface area contributed by atoms with Crippen LogP contribution in [0.2, 0.25) is 0 Å². The summed E-state index contributed by atoms with van der Waals surface area (Å²) < 4.78 is 10.1. The average molecular weight is 302 g/mol. The van der Waals surface area contributed by atoms with Crippen LogP contribution in [0.25, 0.3) is 0 Å². The maximum Gasteiger partial charge on any atom is 0.323 e. The highest BCUT2D eigenvalue weighted by atomic mass is 16.5. The van der Waals surface area contributed by atoms with Crippen LogP contribution < -0.4 is 31.6 Å². The van der Waals surface area contributed by atoms with E-state index in [0.29, 0.717) is 34.2 Å². The second-order valence-electron chi connectivity index (χ2n) is 4.49. The molecule has 0 aliphatic heterocycles. The first kappa shape index (κ1) is 15.3. The smallest absolute Gasteiger partial charge is 0.323 e. The topological polar surface area (TPSA) is 112 Å². The lowest BCUT2D eigenvalue weighted by atomic mass is 10.2. The minimum absolute atomic E-state index is 0.400. The van der Waals surface area contributed by atoms with Crippen molar-refractivity contribution < 1.29 is 14.3 Å². The summed E-state index contributed by atoms with van der Waals surface area (Å²) in [7, 11) is 3.09. The van der Waals surface area contributed by atoms with Crippen molar-refractivity contribution >= 4 is 28.8 Å². The number of benzene rings is 2. The lowest BCUT2D eigenvalue weighted by Crippen LogP contribution is -2.20. The van der Waals surface area contributed by atoms with Crippen LogP contribution in [0.3, 0.4) is 0 Å². The fourth-order valence-corrected chi connectivity index (χ4v) is 1.84. The summed E-state index contributed by atoms with van der Waals surface area (Å²) in [6.45, 7) is 0. The molecule has 0 radical (unpaired) electrons. The second kappa shape index (κ2) is 6.57. The van der Waals surface area contributed by atoms with Gasteiger partial charge >= 0.3 is 6.03 Å². The van der Waals surface area contributed by atoms with E-state index < -0.39 is 6.03 Å². The molecule has 0 saturated carbocycles. The molecule has 0 spiro atoms. The first-order valence-electron chi connectivity index (χ1n) is 6.48. The van der Waals surface area contributed by atoms with Gasteiger partial charge in [0.05, 0.1) is 37.0 Å². The fourth-order valence-electron chi connectivity index (χ4n) is 1.84. The average Bonchev–Trinajstić information content (AvgIpc) is 2.51. The van der Waals surface area contributed by atoms with Gasteiger partial charge in [0.1, 0.15) is 11.5 Å². The number of hydrogen-bond donors (Lipinski definition) is 4. The van der Waals surface area contributed by atoms with Crippen LogP contribution in [0.1, 0.15) is 0 Å². The van der Waals surface area contributed by atoms with Crippen molar-refractivity contribution in [3.63, 3.8) is 0 Å². The van der Waals surface area contributed by atoms with Gasteiger partial charge in [-0.25, -0.2) is 4.79 Å². The normalized spacial score (nSPS) is 9.91. The fraction of sp³-hybridized carbons (Fsp3) is 0.133. The zero-order chi connectivity index (χ0) is 16.1. The van der Waals surface area contributed by atoms with Crippen molar-refractivity contribution in [2.24, 2.45) is 0 Å². The summed E-state index contributed by atoms with van der Waals surface area (Å²) in [5, 5.41) is 5.30. The summed E-state index contributed by atoms with van der Waals surface area (Å²) in [6, 6.07) is 9.51. The number of ether oxygens (including phenoxy) is 2. The Labute approximate surface area is 128 Å². The summed E-state index contributed by atoms with van der Waals surface area (Å²) in [6.07, 6.45) is 0. The van der Waals surface area contributed by atoms with Crippen LogP contribution in [0.4, 0.5) is 27.5 Å².